The molecule has 0 aliphatic carbocycles. The molecule has 0 saturated heterocycles. The Hall–Kier alpha value is 4.90. The fraction of sp³-hybridized carbons (Fsp3) is 0. The summed E-state index contributed by atoms with van der Waals surface area (Å²) in [5.74, 6) is 0. The van der Waals surface area contributed by atoms with Gasteiger partial charge < -0.3 is 0 Å². The quantitative estimate of drug-likeness (QED) is 0.258. The summed E-state index contributed by atoms with van der Waals surface area (Å²) in [6.07, 6.45) is 0. The van der Waals surface area contributed by atoms with Gasteiger partial charge >= 0.3 is 128 Å². The molecule has 0 bridgehead atoms. The topological polar surface area (TPSA) is 0 Å². The number of hydrogen-bond acceptors (Lipinski definition) is 0. The van der Waals surface area contributed by atoms with Crippen molar-refractivity contribution in [1.29, 1.82) is 0 Å². The Balaban J connectivity index is -0.0000000133. The minimum absolute atomic E-state index is 0. The van der Waals surface area contributed by atoms with Gasteiger partial charge in [-0.1, -0.05) is 0 Å². The maximum atomic E-state index is 2.34. The molecule has 0 atom stereocenters. The molecule has 0 aliphatic rings. The predicted octanol–water partition coefficient (Wildman–Crippen LogP) is 1.39. The van der Waals surface area contributed by atoms with Crippen molar-refractivity contribution in [2.75, 3.05) is 0 Å². The second-order valence-electron chi connectivity index (χ2n) is 0. The molecule has 0 N–H and O–H groups in total. The van der Waals surface area contributed by atoms with Gasteiger partial charge in [-0.2, -0.15) is 0 Å². The van der Waals surface area contributed by atoms with E-state index in [1.165, 1.54) is 0 Å². The van der Waals surface area contributed by atoms with Crippen molar-refractivity contribution >= 4 is 84.2 Å². The second-order valence-corrected chi connectivity index (χ2v) is 0. The number of halogens is 2. The van der Waals surface area contributed by atoms with Crippen molar-refractivity contribution in [3.05, 3.63) is 0 Å². The normalized spacial score (nSPS) is 1.60. The SMILES string of the molecule is [Ba+2].[I][Hg-].[I][Hg-]. The van der Waals surface area contributed by atoms with Gasteiger partial charge in [-0.25, -0.2) is 0 Å². The molecule has 0 heterocycles. The third kappa shape index (κ3) is 17.6. The van der Waals surface area contributed by atoms with E-state index in [1.807, 2.05) is 0 Å². The van der Waals surface area contributed by atoms with Crippen LogP contribution >= 0.6 is 35.3 Å². The van der Waals surface area contributed by atoms with Gasteiger partial charge in [0.15, 0.2) is 0 Å². The Bertz CT molecular complexity index is 7.61. The molecule has 0 rings (SSSR count). The van der Waals surface area contributed by atoms with E-state index < -0.39 is 0 Å². The van der Waals surface area contributed by atoms with Crippen LogP contribution in [0.25, 0.3) is 0 Å². The summed E-state index contributed by atoms with van der Waals surface area (Å²) in [6.45, 7) is 0. The van der Waals surface area contributed by atoms with Crippen LogP contribution in [-0.2, 0) is 43.6 Å². The molecular weight excluding hydrogens is 792 g/mol. The van der Waals surface area contributed by atoms with Crippen molar-refractivity contribution in [3.63, 3.8) is 0 Å². The van der Waals surface area contributed by atoms with Crippen LogP contribution in [0, 0.1) is 0 Å². The number of hydrogen-bond donors (Lipinski definition) is 0. The summed E-state index contributed by atoms with van der Waals surface area (Å²) in [7, 11) is 0. The van der Waals surface area contributed by atoms with Crippen molar-refractivity contribution < 1.29 is 43.6 Å². The zero-order valence-electron chi connectivity index (χ0n) is 2.88. The van der Waals surface area contributed by atoms with E-state index in [1.54, 1.807) is 0 Å². The summed E-state index contributed by atoms with van der Waals surface area (Å²) in [6, 6.07) is 0. The van der Waals surface area contributed by atoms with Crippen LogP contribution < -0.4 is 0 Å². The monoisotopic (exact) mass is 796 g/mol. The van der Waals surface area contributed by atoms with Crippen molar-refractivity contribution in [1.82, 2.24) is 0 Å². The van der Waals surface area contributed by atoms with E-state index in [4.69, 9.17) is 0 Å². The molecule has 0 unspecified atom stereocenters. The van der Waals surface area contributed by atoms with Gasteiger partial charge in [0.05, 0.1) is 0 Å². The van der Waals surface area contributed by atoms with Crippen LogP contribution in [0.5, 0.6) is 0 Å². The van der Waals surface area contributed by atoms with E-state index in [0.717, 1.165) is 43.6 Å². The fourth-order valence-electron chi connectivity index (χ4n) is 0. The molecule has 0 aliphatic heterocycles. The fourth-order valence-corrected chi connectivity index (χ4v) is 0. The molecule has 0 nitrogen and oxygen atoms in total. The molecule has 0 fully saturated rings. The molecular formula is BaHg2I2. The van der Waals surface area contributed by atoms with Crippen LogP contribution in [0.15, 0.2) is 0 Å². The Kier molecular flexibility index (Phi) is 76.2. The van der Waals surface area contributed by atoms with Crippen molar-refractivity contribution in [2.24, 2.45) is 0 Å². The Morgan fingerprint density at radius 3 is 0.800 bits per heavy atom. The summed E-state index contributed by atoms with van der Waals surface area (Å²) >= 11 is 6.68. The minimum atomic E-state index is 0. The van der Waals surface area contributed by atoms with Crippen LogP contribution in [0.3, 0.4) is 0 Å². The molecule has 5 heavy (non-hydrogen) atoms. The Morgan fingerprint density at radius 1 is 0.800 bits per heavy atom. The molecule has 0 aromatic heterocycles. The zero-order valence-corrected chi connectivity index (χ0v) is 22.6. The Labute approximate surface area is 123 Å². The molecule has 0 amide bonds. The molecule has 0 radical (unpaired) electrons. The van der Waals surface area contributed by atoms with Crippen LogP contribution in [0.4, 0.5) is 0 Å². The first-order valence-corrected chi connectivity index (χ1v) is 31.5. The average molecular weight is 792 g/mol. The summed E-state index contributed by atoms with van der Waals surface area (Å²) in [5, 5.41) is 0. The maximum absolute atomic E-state index is 2.34. The van der Waals surface area contributed by atoms with Crippen molar-refractivity contribution in [3.8, 4) is 0 Å². The van der Waals surface area contributed by atoms with Gasteiger partial charge in [0.1, 0.15) is 0 Å². The van der Waals surface area contributed by atoms with Crippen LogP contribution in [0.1, 0.15) is 0 Å². The van der Waals surface area contributed by atoms with Gasteiger partial charge in [0.25, 0.3) is 0 Å². The van der Waals surface area contributed by atoms with E-state index >= 15 is 0 Å². The van der Waals surface area contributed by atoms with E-state index in [-0.39, 0.29) is 48.9 Å². The first-order chi connectivity index (χ1) is 2.00. The third-order valence-electron chi connectivity index (χ3n) is 0. The van der Waals surface area contributed by atoms with E-state index in [2.05, 4.69) is 35.3 Å². The molecule has 20 valence electrons. The zero-order chi connectivity index (χ0) is 4.00. The molecule has 0 aromatic rings. The van der Waals surface area contributed by atoms with Crippen LogP contribution in [0.2, 0.25) is 0 Å². The van der Waals surface area contributed by atoms with E-state index in [0.29, 0.717) is 0 Å². The third-order valence-corrected chi connectivity index (χ3v) is 0. The number of rotatable bonds is 0. The van der Waals surface area contributed by atoms with E-state index in [9.17, 15) is 0 Å². The van der Waals surface area contributed by atoms with Gasteiger partial charge in [-0.3, -0.25) is 0 Å². The first-order valence-electron chi connectivity index (χ1n) is 0.535. The molecule has 5 heteroatoms. The average Bonchev–Trinajstić information content (AvgIpc) is 1.50. The molecule has 0 aromatic carbocycles. The van der Waals surface area contributed by atoms with Gasteiger partial charge in [0.2, 0.25) is 0 Å². The standard InChI is InChI=1S/Ba.2Hg.2HI/h;;;2*1H/q+2;;;;/p-2. The summed E-state index contributed by atoms with van der Waals surface area (Å²) in [5.41, 5.74) is 0. The predicted molar refractivity (Wildman–Crippen MR) is 33.8 cm³/mol. The molecule has 0 spiro atoms. The summed E-state index contributed by atoms with van der Waals surface area (Å²) < 4.78 is 0. The van der Waals surface area contributed by atoms with Gasteiger partial charge in [-0.05, 0) is 0 Å². The van der Waals surface area contributed by atoms with Gasteiger partial charge in [0, 0.05) is 0 Å². The van der Waals surface area contributed by atoms with Crippen LogP contribution in [-0.4, -0.2) is 48.9 Å². The summed E-state index contributed by atoms with van der Waals surface area (Å²) in [4.78, 5) is 0. The Morgan fingerprint density at radius 2 is 0.800 bits per heavy atom. The molecule has 0 saturated carbocycles. The van der Waals surface area contributed by atoms with Gasteiger partial charge in [-0.15, -0.1) is 0 Å². The second kappa shape index (κ2) is 23.1. The van der Waals surface area contributed by atoms with Crippen molar-refractivity contribution in [2.45, 2.75) is 0 Å². The first kappa shape index (κ1) is 16.5.